The molecule has 11 heteroatoms. The first kappa shape index (κ1) is 25.3. The zero-order valence-corrected chi connectivity index (χ0v) is 21.2. The Hall–Kier alpha value is -4.38. The number of rotatable bonds is 8. The van der Waals surface area contributed by atoms with Gasteiger partial charge in [-0.2, -0.15) is 0 Å². The number of hydrogen-bond donors (Lipinski definition) is 3. The van der Waals surface area contributed by atoms with E-state index in [1.807, 2.05) is 28.5 Å². The second-order valence-corrected chi connectivity index (χ2v) is 9.10. The highest BCUT2D eigenvalue weighted by molar-refractivity contribution is 6.02. The van der Waals surface area contributed by atoms with Gasteiger partial charge in [-0.15, -0.1) is 0 Å². The number of nitrogens with zero attached hydrogens (tertiary/aromatic N) is 6. The van der Waals surface area contributed by atoms with Crippen LogP contribution >= 0.6 is 0 Å². The SMILES string of the molecule is CCNc1nccn2c(C3CCCN(C(=O)CCO)C3)nc(-c3ccc(C(=O)Nc4ccccn4)nc3)c12. The third-order valence-corrected chi connectivity index (χ3v) is 6.57. The summed E-state index contributed by atoms with van der Waals surface area (Å²) in [6, 6.07) is 8.78. The largest absolute Gasteiger partial charge is 0.396 e. The molecule has 2 amide bonds. The van der Waals surface area contributed by atoms with E-state index in [0.29, 0.717) is 37.0 Å². The molecular formula is C27H30N8O3. The minimum atomic E-state index is -0.351. The lowest BCUT2D eigenvalue weighted by Gasteiger charge is -2.32. The Balaban J connectivity index is 1.49. The number of fused-ring (bicyclic) bond motifs is 1. The van der Waals surface area contributed by atoms with Crippen LogP contribution in [-0.2, 0) is 4.79 Å². The predicted molar refractivity (Wildman–Crippen MR) is 143 cm³/mol. The normalized spacial score (nSPS) is 15.4. The van der Waals surface area contributed by atoms with Crippen LogP contribution in [0.4, 0.5) is 11.6 Å². The molecule has 5 rings (SSSR count). The van der Waals surface area contributed by atoms with E-state index in [1.165, 1.54) is 0 Å². The molecule has 196 valence electrons. The van der Waals surface area contributed by atoms with Crippen molar-refractivity contribution < 1.29 is 14.7 Å². The molecule has 1 aliphatic rings. The first-order valence-electron chi connectivity index (χ1n) is 12.8. The molecule has 5 heterocycles. The van der Waals surface area contributed by atoms with E-state index in [-0.39, 0.29) is 36.5 Å². The van der Waals surface area contributed by atoms with E-state index in [4.69, 9.17) is 4.98 Å². The number of aliphatic hydroxyl groups is 1. The van der Waals surface area contributed by atoms with Crippen molar-refractivity contribution in [3.63, 3.8) is 0 Å². The summed E-state index contributed by atoms with van der Waals surface area (Å²) in [6.45, 7) is 3.76. The van der Waals surface area contributed by atoms with Crippen molar-refractivity contribution in [3.05, 3.63) is 66.6 Å². The van der Waals surface area contributed by atoms with Crippen LogP contribution < -0.4 is 10.6 Å². The molecule has 0 aliphatic carbocycles. The van der Waals surface area contributed by atoms with Gasteiger partial charge in [-0.1, -0.05) is 6.07 Å². The topological polar surface area (TPSA) is 138 Å². The summed E-state index contributed by atoms with van der Waals surface area (Å²) in [5.74, 6) is 1.63. The van der Waals surface area contributed by atoms with Gasteiger partial charge in [-0.05, 0) is 44.0 Å². The zero-order valence-electron chi connectivity index (χ0n) is 21.2. The molecule has 4 aromatic heterocycles. The second-order valence-electron chi connectivity index (χ2n) is 9.10. The Bertz CT molecular complexity index is 1420. The standard InChI is InChI=1S/C27H30N8O3/c1-2-28-25-24-23(18-8-9-20(31-16-18)27(38)32-21-7-3-4-11-29-21)33-26(35(24)14-12-30-25)19-6-5-13-34(17-19)22(37)10-15-36/h3-4,7-9,11-12,14,16,19,36H,2,5-6,10,13,15,17H2,1H3,(H,28,30)(H,29,32,38). The molecule has 0 bridgehead atoms. The number of carbonyl (C=O) groups is 2. The molecule has 0 radical (unpaired) electrons. The van der Waals surface area contributed by atoms with Crippen molar-refractivity contribution in [2.24, 2.45) is 0 Å². The van der Waals surface area contributed by atoms with E-state index in [9.17, 15) is 14.7 Å². The second kappa shape index (κ2) is 11.3. The highest BCUT2D eigenvalue weighted by Crippen LogP contribution is 2.34. The van der Waals surface area contributed by atoms with Crippen LogP contribution in [0.1, 0.15) is 48.4 Å². The van der Waals surface area contributed by atoms with Crippen LogP contribution in [0.25, 0.3) is 16.8 Å². The molecule has 0 spiro atoms. The molecule has 1 fully saturated rings. The summed E-state index contributed by atoms with van der Waals surface area (Å²) >= 11 is 0. The Labute approximate surface area is 220 Å². The average Bonchev–Trinajstić information content (AvgIpc) is 3.35. The fraction of sp³-hybridized carbons (Fsp3) is 0.333. The van der Waals surface area contributed by atoms with Crippen LogP contribution in [0.2, 0.25) is 0 Å². The third-order valence-electron chi connectivity index (χ3n) is 6.57. The number of likely N-dealkylation sites (tertiary alicyclic amines) is 1. The maximum atomic E-state index is 12.7. The zero-order chi connectivity index (χ0) is 26.5. The molecule has 1 saturated heterocycles. The number of amides is 2. The molecule has 3 N–H and O–H groups in total. The minimum absolute atomic E-state index is 0.0286. The predicted octanol–water partition coefficient (Wildman–Crippen LogP) is 2.96. The van der Waals surface area contributed by atoms with Crippen molar-refractivity contribution in [3.8, 4) is 11.3 Å². The maximum Gasteiger partial charge on any atom is 0.275 e. The first-order chi connectivity index (χ1) is 18.6. The molecule has 4 aromatic rings. The lowest BCUT2D eigenvalue weighted by atomic mass is 9.97. The molecule has 1 unspecified atom stereocenters. The Morgan fingerprint density at radius 1 is 1.13 bits per heavy atom. The number of hydrogen-bond acceptors (Lipinski definition) is 8. The Kier molecular flexibility index (Phi) is 7.55. The van der Waals surface area contributed by atoms with Gasteiger partial charge < -0.3 is 20.6 Å². The number of imidazole rings is 1. The number of aliphatic hydroxyl groups excluding tert-OH is 1. The van der Waals surface area contributed by atoms with Gasteiger partial charge in [0.1, 0.15) is 28.5 Å². The summed E-state index contributed by atoms with van der Waals surface area (Å²) in [6.07, 6.45) is 8.75. The molecule has 11 nitrogen and oxygen atoms in total. The fourth-order valence-electron chi connectivity index (χ4n) is 4.80. The molecule has 0 aromatic carbocycles. The lowest BCUT2D eigenvalue weighted by molar-refractivity contribution is -0.133. The maximum absolute atomic E-state index is 12.7. The first-order valence-corrected chi connectivity index (χ1v) is 12.8. The van der Waals surface area contributed by atoms with Gasteiger partial charge in [0.2, 0.25) is 5.91 Å². The van der Waals surface area contributed by atoms with Gasteiger partial charge in [0.15, 0.2) is 5.82 Å². The summed E-state index contributed by atoms with van der Waals surface area (Å²) in [7, 11) is 0. The van der Waals surface area contributed by atoms with Gasteiger partial charge in [-0.25, -0.2) is 15.0 Å². The summed E-state index contributed by atoms with van der Waals surface area (Å²) in [5.41, 5.74) is 2.53. The van der Waals surface area contributed by atoms with Crippen LogP contribution in [0.15, 0.2) is 55.1 Å². The Morgan fingerprint density at radius 3 is 2.76 bits per heavy atom. The third kappa shape index (κ3) is 5.18. The van der Waals surface area contributed by atoms with Crippen LogP contribution in [-0.4, -0.2) is 72.4 Å². The van der Waals surface area contributed by atoms with E-state index < -0.39 is 0 Å². The Morgan fingerprint density at radius 2 is 2.03 bits per heavy atom. The van der Waals surface area contributed by atoms with Gasteiger partial charge >= 0.3 is 0 Å². The molecule has 38 heavy (non-hydrogen) atoms. The van der Waals surface area contributed by atoms with Gasteiger partial charge in [0.05, 0.1) is 6.61 Å². The van der Waals surface area contributed by atoms with Crippen molar-refractivity contribution in [2.75, 3.05) is 36.9 Å². The van der Waals surface area contributed by atoms with E-state index in [0.717, 1.165) is 29.7 Å². The van der Waals surface area contributed by atoms with Crippen LogP contribution in [0.5, 0.6) is 0 Å². The van der Waals surface area contributed by atoms with Crippen molar-refractivity contribution in [1.82, 2.24) is 29.2 Å². The summed E-state index contributed by atoms with van der Waals surface area (Å²) in [5, 5.41) is 15.3. The van der Waals surface area contributed by atoms with E-state index in [2.05, 4.69) is 25.6 Å². The van der Waals surface area contributed by atoms with Gasteiger partial charge in [0, 0.05) is 62.3 Å². The van der Waals surface area contributed by atoms with Crippen molar-refractivity contribution >= 4 is 29.0 Å². The van der Waals surface area contributed by atoms with E-state index in [1.54, 1.807) is 42.9 Å². The van der Waals surface area contributed by atoms with E-state index >= 15 is 0 Å². The number of aromatic nitrogens is 5. The average molecular weight is 515 g/mol. The van der Waals surface area contributed by atoms with Crippen molar-refractivity contribution in [2.45, 2.75) is 32.1 Å². The number of anilines is 2. The smallest absolute Gasteiger partial charge is 0.275 e. The monoisotopic (exact) mass is 514 g/mol. The molecule has 1 atom stereocenters. The van der Waals surface area contributed by atoms with Crippen molar-refractivity contribution in [1.29, 1.82) is 0 Å². The fourth-order valence-corrected chi connectivity index (χ4v) is 4.80. The summed E-state index contributed by atoms with van der Waals surface area (Å²) in [4.78, 5) is 45.1. The number of piperidine rings is 1. The molecule has 1 aliphatic heterocycles. The number of pyridine rings is 2. The quantitative estimate of drug-likeness (QED) is 0.326. The highest BCUT2D eigenvalue weighted by atomic mass is 16.3. The highest BCUT2D eigenvalue weighted by Gasteiger charge is 2.29. The van der Waals surface area contributed by atoms with Gasteiger partial charge in [0.25, 0.3) is 5.91 Å². The molecular weight excluding hydrogens is 484 g/mol. The van der Waals surface area contributed by atoms with Crippen LogP contribution in [0.3, 0.4) is 0 Å². The minimum Gasteiger partial charge on any atom is -0.396 e. The van der Waals surface area contributed by atoms with Gasteiger partial charge in [-0.3, -0.25) is 19.0 Å². The molecule has 0 saturated carbocycles. The lowest BCUT2D eigenvalue weighted by Crippen LogP contribution is -2.39. The summed E-state index contributed by atoms with van der Waals surface area (Å²) < 4.78 is 2.03. The number of nitrogens with one attached hydrogen (secondary N) is 2. The van der Waals surface area contributed by atoms with Crippen LogP contribution in [0, 0.1) is 0 Å². The number of carbonyl (C=O) groups excluding carboxylic acids is 2.